The third-order valence-corrected chi connectivity index (χ3v) is 0.421. The standard InChI is InChI=1S/C4H7NO.CHNO/c1-3(2)4(5)6;2-1-3/h1H2,2H3,(H2,5,6);2H. The van der Waals surface area contributed by atoms with Crippen LogP contribution in [0.2, 0.25) is 0 Å². The lowest BCUT2D eigenvalue weighted by atomic mass is 10.3. The lowest BCUT2D eigenvalue weighted by molar-refractivity contribution is -0.114. The van der Waals surface area contributed by atoms with Gasteiger partial charge < -0.3 is 5.73 Å². The first-order chi connectivity index (χ1) is 4.06. The van der Waals surface area contributed by atoms with Gasteiger partial charge in [0, 0.05) is 5.57 Å². The molecule has 50 valence electrons. The van der Waals surface area contributed by atoms with Gasteiger partial charge in [-0.1, -0.05) is 6.58 Å². The fourth-order valence-corrected chi connectivity index (χ4v) is 0. The summed E-state index contributed by atoms with van der Waals surface area (Å²) in [7, 11) is 0. The number of isocyanates is 1. The summed E-state index contributed by atoms with van der Waals surface area (Å²) in [5.74, 6) is -0.435. The highest BCUT2D eigenvalue weighted by Gasteiger charge is 1.86. The van der Waals surface area contributed by atoms with Crippen molar-refractivity contribution in [1.29, 1.82) is 5.41 Å². The van der Waals surface area contributed by atoms with Crippen molar-refractivity contribution in [2.24, 2.45) is 5.73 Å². The predicted molar refractivity (Wildman–Crippen MR) is 32.4 cm³/mol. The van der Waals surface area contributed by atoms with Crippen molar-refractivity contribution in [2.45, 2.75) is 6.92 Å². The summed E-state index contributed by atoms with van der Waals surface area (Å²) in [6.07, 6.45) is 0.750. The molecule has 4 heteroatoms. The Balaban J connectivity index is 0. The number of amides is 1. The number of carbonyl (C=O) groups is 1. The van der Waals surface area contributed by atoms with Crippen LogP contribution in [0.5, 0.6) is 0 Å². The minimum Gasteiger partial charge on any atom is -0.366 e. The molecule has 4 nitrogen and oxygen atoms in total. The predicted octanol–water partition coefficient (Wildman–Crippen LogP) is -0.0512. The van der Waals surface area contributed by atoms with Crippen LogP contribution in [-0.4, -0.2) is 12.0 Å². The Morgan fingerprint density at radius 2 is 1.89 bits per heavy atom. The monoisotopic (exact) mass is 128 g/mol. The molecule has 0 aliphatic heterocycles. The zero-order chi connectivity index (χ0) is 7.86. The minimum atomic E-state index is -0.435. The van der Waals surface area contributed by atoms with E-state index in [9.17, 15) is 4.79 Å². The van der Waals surface area contributed by atoms with Gasteiger partial charge in [-0.2, -0.15) is 0 Å². The van der Waals surface area contributed by atoms with Crippen LogP contribution in [0.3, 0.4) is 0 Å². The second-order valence-electron chi connectivity index (χ2n) is 1.25. The quantitative estimate of drug-likeness (QED) is 0.295. The van der Waals surface area contributed by atoms with Crippen molar-refractivity contribution in [3.63, 3.8) is 0 Å². The molecule has 0 aromatic heterocycles. The number of hydrogen-bond acceptors (Lipinski definition) is 3. The molecule has 9 heavy (non-hydrogen) atoms. The number of hydrogen-bond donors (Lipinski definition) is 2. The van der Waals surface area contributed by atoms with E-state index in [0.717, 1.165) is 6.08 Å². The maximum Gasteiger partial charge on any atom is 0.243 e. The van der Waals surface area contributed by atoms with Gasteiger partial charge in [-0.25, -0.2) is 10.2 Å². The lowest BCUT2D eigenvalue weighted by Gasteiger charge is -1.81. The van der Waals surface area contributed by atoms with Gasteiger partial charge in [0.05, 0.1) is 0 Å². The number of nitrogens with one attached hydrogen (secondary N) is 1. The van der Waals surface area contributed by atoms with Gasteiger partial charge >= 0.3 is 0 Å². The molecule has 3 N–H and O–H groups in total. The van der Waals surface area contributed by atoms with E-state index < -0.39 is 5.91 Å². The third-order valence-electron chi connectivity index (χ3n) is 0.421. The number of primary amides is 1. The fraction of sp³-hybridized carbons (Fsp3) is 0.200. The van der Waals surface area contributed by atoms with Gasteiger partial charge in [0.25, 0.3) is 0 Å². The van der Waals surface area contributed by atoms with Crippen LogP contribution >= 0.6 is 0 Å². The Hall–Kier alpha value is -1.41. The summed E-state index contributed by atoms with van der Waals surface area (Å²) in [6.45, 7) is 4.85. The Labute approximate surface area is 52.9 Å². The number of nitrogens with two attached hydrogens (primary N) is 1. The van der Waals surface area contributed by atoms with Gasteiger partial charge in [-0.15, -0.1) is 0 Å². The van der Waals surface area contributed by atoms with E-state index in [1.807, 2.05) is 0 Å². The Morgan fingerprint density at radius 1 is 1.78 bits per heavy atom. The maximum absolute atomic E-state index is 9.82. The Kier molecular flexibility index (Phi) is 7.72. The van der Waals surface area contributed by atoms with Crippen molar-refractivity contribution in [1.82, 2.24) is 0 Å². The molecule has 0 spiro atoms. The molecule has 0 saturated heterocycles. The zero-order valence-corrected chi connectivity index (χ0v) is 5.10. The second kappa shape index (κ2) is 6.59. The van der Waals surface area contributed by atoms with Gasteiger partial charge in [-0.3, -0.25) is 4.79 Å². The molecular weight excluding hydrogens is 120 g/mol. The average molecular weight is 128 g/mol. The highest BCUT2D eigenvalue weighted by Crippen LogP contribution is 1.78. The first kappa shape index (κ1) is 10.5. The van der Waals surface area contributed by atoms with E-state index in [-0.39, 0.29) is 0 Å². The summed E-state index contributed by atoms with van der Waals surface area (Å²) in [6, 6.07) is 0. The SMILES string of the molecule is C=C(C)C(N)=O.N=C=O. The molecule has 0 heterocycles. The minimum absolute atomic E-state index is 0.398. The van der Waals surface area contributed by atoms with E-state index in [1.165, 1.54) is 0 Å². The van der Waals surface area contributed by atoms with E-state index in [1.54, 1.807) is 6.92 Å². The molecule has 0 radical (unpaired) electrons. The van der Waals surface area contributed by atoms with Crippen LogP contribution in [0.15, 0.2) is 12.2 Å². The van der Waals surface area contributed by atoms with Gasteiger partial charge in [0.1, 0.15) is 0 Å². The van der Waals surface area contributed by atoms with E-state index >= 15 is 0 Å². The number of carbonyl (C=O) groups excluding carboxylic acids is 2. The molecule has 0 unspecified atom stereocenters. The molecule has 0 bridgehead atoms. The summed E-state index contributed by atoms with van der Waals surface area (Å²) >= 11 is 0. The second-order valence-corrected chi connectivity index (χ2v) is 1.25. The molecule has 0 aromatic rings. The van der Waals surface area contributed by atoms with Crippen LogP contribution in [0, 0.1) is 5.41 Å². The van der Waals surface area contributed by atoms with E-state index in [4.69, 9.17) is 15.9 Å². The average Bonchev–Trinajstić information content (AvgIpc) is 1.68. The molecule has 0 aliphatic rings. The van der Waals surface area contributed by atoms with Gasteiger partial charge in [0.2, 0.25) is 12.0 Å². The maximum atomic E-state index is 9.82. The topological polar surface area (TPSA) is 84.0 Å². The molecule has 0 atom stereocenters. The van der Waals surface area contributed by atoms with Crippen LogP contribution in [0.1, 0.15) is 6.92 Å². The van der Waals surface area contributed by atoms with Crippen molar-refractivity contribution < 1.29 is 9.59 Å². The van der Waals surface area contributed by atoms with E-state index in [2.05, 4.69) is 6.58 Å². The molecule has 0 saturated carbocycles. The van der Waals surface area contributed by atoms with Crippen molar-refractivity contribution in [3.8, 4) is 0 Å². The summed E-state index contributed by atoms with van der Waals surface area (Å²) in [5.41, 5.74) is 5.09. The summed E-state index contributed by atoms with van der Waals surface area (Å²) in [5, 5.41) is 5.40. The van der Waals surface area contributed by atoms with Gasteiger partial charge in [-0.05, 0) is 6.92 Å². The normalized spacial score (nSPS) is 5.89. The van der Waals surface area contributed by atoms with Crippen LogP contribution < -0.4 is 5.73 Å². The molecule has 1 amide bonds. The molecule has 0 rings (SSSR count). The van der Waals surface area contributed by atoms with Gasteiger partial charge in [0.15, 0.2) is 0 Å². The zero-order valence-electron chi connectivity index (χ0n) is 5.10. The fourth-order valence-electron chi connectivity index (χ4n) is 0. The highest BCUT2D eigenvalue weighted by molar-refractivity contribution is 5.90. The molecular formula is C5H8N2O2. The first-order valence-corrected chi connectivity index (χ1v) is 2.05. The third kappa shape index (κ3) is 20.7. The van der Waals surface area contributed by atoms with Crippen LogP contribution in [0.4, 0.5) is 0 Å². The molecule has 0 fully saturated rings. The Bertz CT molecular complexity index is 133. The van der Waals surface area contributed by atoms with Crippen LogP contribution in [0.25, 0.3) is 0 Å². The largest absolute Gasteiger partial charge is 0.366 e. The van der Waals surface area contributed by atoms with Crippen LogP contribution in [-0.2, 0) is 9.59 Å². The summed E-state index contributed by atoms with van der Waals surface area (Å²) < 4.78 is 0. The van der Waals surface area contributed by atoms with Crippen molar-refractivity contribution in [3.05, 3.63) is 12.2 Å². The number of rotatable bonds is 1. The first-order valence-electron chi connectivity index (χ1n) is 2.05. The Morgan fingerprint density at radius 3 is 1.89 bits per heavy atom. The highest BCUT2D eigenvalue weighted by atomic mass is 16.1. The smallest absolute Gasteiger partial charge is 0.243 e. The summed E-state index contributed by atoms with van der Waals surface area (Å²) in [4.78, 5) is 18.2. The lowest BCUT2D eigenvalue weighted by Crippen LogP contribution is -2.10. The van der Waals surface area contributed by atoms with E-state index in [0.29, 0.717) is 5.57 Å². The molecule has 0 aliphatic carbocycles. The van der Waals surface area contributed by atoms with Crippen molar-refractivity contribution in [2.75, 3.05) is 0 Å². The van der Waals surface area contributed by atoms with Crippen molar-refractivity contribution >= 4 is 12.0 Å². The molecule has 0 aromatic carbocycles.